The zero-order valence-electron chi connectivity index (χ0n) is 13.8. The smallest absolute Gasteiger partial charge is 0.337 e. The lowest BCUT2D eigenvalue weighted by Gasteiger charge is -2.40. The molecule has 130 valence electrons. The van der Waals surface area contributed by atoms with Gasteiger partial charge in [-0.05, 0) is 17.7 Å². The summed E-state index contributed by atoms with van der Waals surface area (Å²) in [6.07, 6.45) is 0.278. The van der Waals surface area contributed by atoms with E-state index in [4.69, 9.17) is 14.2 Å². The number of carboxylic acids is 1. The number of ether oxygens (including phenoxy) is 3. The molecule has 1 aromatic carbocycles. The Labute approximate surface area is 140 Å². The molecule has 7 nitrogen and oxygen atoms in total. The van der Waals surface area contributed by atoms with E-state index in [-0.39, 0.29) is 18.9 Å². The highest BCUT2D eigenvalue weighted by Crippen LogP contribution is 2.34. The van der Waals surface area contributed by atoms with Crippen LogP contribution in [-0.4, -0.2) is 68.0 Å². The summed E-state index contributed by atoms with van der Waals surface area (Å²) in [5, 5.41) is 9.36. The fourth-order valence-electron chi connectivity index (χ4n) is 3.19. The van der Waals surface area contributed by atoms with Crippen molar-refractivity contribution in [1.82, 2.24) is 4.90 Å². The van der Waals surface area contributed by atoms with Crippen LogP contribution in [0.3, 0.4) is 0 Å². The first-order valence-electron chi connectivity index (χ1n) is 7.78. The summed E-state index contributed by atoms with van der Waals surface area (Å²) in [5.41, 5.74) is -0.424. The molecular weight excluding hydrogens is 314 g/mol. The molecule has 2 aliphatic heterocycles. The molecule has 1 atom stereocenters. The van der Waals surface area contributed by atoms with Crippen molar-refractivity contribution in [1.29, 1.82) is 0 Å². The molecule has 1 amide bonds. The van der Waals surface area contributed by atoms with Crippen LogP contribution >= 0.6 is 0 Å². The van der Waals surface area contributed by atoms with Gasteiger partial charge in [0.2, 0.25) is 0 Å². The number of aliphatic carboxylic acids is 1. The highest BCUT2D eigenvalue weighted by molar-refractivity contribution is 5.95. The predicted molar refractivity (Wildman–Crippen MR) is 83.8 cm³/mol. The Morgan fingerprint density at radius 2 is 2.00 bits per heavy atom. The van der Waals surface area contributed by atoms with E-state index in [9.17, 15) is 14.7 Å². The molecule has 24 heavy (non-hydrogen) atoms. The van der Waals surface area contributed by atoms with E-state index >= 15 is 0 Å². The number of carbonyl (C=O) groups excluding carboxylic acids is 1. The van der Waals surface area contributed by atoms with Gasteiger partial charge >= 0.3 is 5.97 Å². The van der Waals surface area contributed by atoms with Gasteiger partial charge in [-0.15, -0.1) is 0 Å². The minimum absolute atomic E-state index is 0.0421. The normalized spacial score (nSPS) is 25.3. The molecule has 0 radical (unpaired) electrons. The third kappa shape index (κ3) is 2.58. The van der Waals surface area contributed by atoms with Gasteiger partial charge in [0.1, 0.15) is 5.60 Å². The number of hydrogen-bond acceptors (Lipinski definition) is 5. The van der Waals surface area contributed by atoms with E-state index in [1.807, 2.05) is 6.07 Å². The Kier molecular flexibility index (Phi) is 4.33. The third-order valence-electron chi connectivity index (χ3n) is 5.00. The number of nitrogens with zero attached hydrogens (tertiary/aromatic N) is 1. The third-order valence-corrected chi connectivity index (χ3v) is 5.00. The number of hydrogen-bond donors (Lipinski definition) is 1. The van der Waals surface area contributed by atoms with Gasteiger partial charge in [-0.2, -0.15) is 0 Å². The van der Waals surface area contributed by atoms with Crippen LogP contribution in [0.2, 0.25) is 0 Å². The minimum atomic E-state index is -1.32. The Bertz CT molecular complexity index is 651. The van der Waals surface area contributed by atoms with E-state index in [2.05, 4.69) is 0 Å². The van der Waals surface area contributed by atoms with Gasteiger partial charge < -0.3 is 24.2 Å². The first kappa shape index (κ1) is 16.9. The van der Waals surface area contributed by atoms with E-state index in [0.29, 0.717) is 25.3 Å². The quantitative estimate of drug-likeness (QED) is 0.860. The van der Waals surface area contributed by atoms with Crippen LogP contribution < -0.4 is 0 Å². The van der Waals surface area contributed by atoms with Crippen molar-refractivity contribution in [2.75, 3.05) is 40.5 Å². The first-order valence-corrected chi connectivity index (χ1v) is 7.78. The second-order valence-electron chi connectivity index (χ2n) is 6.25. The van der Waals surface area contributed by atoms with Crippen molar-refractivity contribution in [3.8, 4) is 0 Å². The fraction of sp³-hybridized carbons (Fsp3) is 0.529. The van der Waals surface area contributed by atoms with Crippen LogP contribution in [0.1, 0.15) is 22.3 Å². The highest BCUT2D eigenvalue weighted by Gasteiger charge is 2.47. The van der Waals surface area contributed by atoms with Crippen LogP contribution in [0.15, 0.2) is 24.3 Å². The van der Waals surface area contributed by atoms with E-state index in [0.717, 1.165) is 5.56 Å². The maximum atomic E-state index is 12.8. The molecule has 2 fully saturated rings. The highest BCUT2D eigenvalue weighted by atomic mass is 16.6. The minimum Gasteiger partial charge on any atom is -0.479 e. The van der Waals surface area contributed by atoms with Crippen LogP contribution in [-0.2, 0) is 24.6 Å². The lowest BCUT2D eigenvalue weighted by Crippen LogP contribution is -2.48. The van der Waals surface area contributed by atoms with Crippen molar-refractivity contribution >= 4 is 11.9 Å². The first-order chi connectivity index (χ1) is 11.5. The number of likely N-dealkylation sites (tertiary alicyclic amines) is 1. The molecule has 7 heteroatoms. The SMILES string of the molecule is COC1(C(=O)O)CCN(C(=O)c2cccc(C3(OC)COC3)c2)C1. The van der Waals surface area contributed by atoms with Gasteiger partial charge in [-0.25, -0.2) is 4.79 Å². The van der Waals surface area contributed by atoms with Crippen molar-refractivity contribution < 1.29 is 28.9 Å². The lowest BCUT2D eigenvalue weighted by molar-refractivity contribution is -0.202. The van der Waals surface area contributed by atoms with Crippen molar-refractivity contribution in [3.05, 3.63) is 35.4 Å². The molecule has 1 unspecified atom stereocenters. The van der Waals surface area contributed by atoms with E-state index in [1.54, 1.807) is 25.3 Å². The Morgan fingerprint density at radius 3 is 2.50 bits per heavy atom. The van der Waals surface area contributed by atoms with Gasteiger partial charge in [0.15, 0.2) is 5.60 Å². The summed E-state index contributed by atoms with van der Waals surface area (Å²) in [5.74, 6) is -1.25. The largest absolute Gasteiger partial charge is 0.479 e. The molecule has 2 saturated heterocycles. The molecule has 3 rings (SSSR count). The van der Waals surface area contributed by atoms with Crippen LogP contribution in [0.25, 0.3) is 0 Å². The number of carbonyl (C=O) groups is 2. The summed E-state index contributed by atoms with van der Waals surface area (Å²) in [6.45, 7) is 1.30. The standard InChI is InChI=1S/C17H21NO6/c1-22-16(15(20)21)6-7-18(9-16)14(19)12-4-3-5-13(8-12)17(23-2)10-24-11-17/h3-5,8H,6-7,9-11H2,1-2H3,(H,20,21). The molecule has 2 heterocycles. The molecule has 0 aromatic heterocycles. The summed E-state index contributed by atoms with van der Waals surface area (Å²) in [7, 11) is 2.99. The van der Waals surface area contributed by atoms with Crippen molar-refractivity contribution in [3.63, 3.8) is 0 Å². The molecule has 0 saturated carbocycles. The average molecular weight is 335 g/mol. The summed E-state index contributed by atoms with van der Waals surface area (Å²) < 4.78 is 16.0. The molecular formula is C17H21NO6. The maximum Gasteiger partial charge on any atom is 0.337 e. The zero-order valence-corrected chi connectivity index (χ0v) is 13.8. The number of amides is 1. The molecule has 0 spiro atoms. The topological polar surface area (TPSA) is 85.3 Å². The predicted octanol–water partition coefficient (Wildman–Crippen LogP) is 0.874. The van der Waals surface area contributed by atoms with Crippen LogP contribution in [0.4, 0.5) is 0 Å². The van der Waals surface area contributed by atoms with Crippen LogP contribution in [0.5, 0.6) is 0 Å². The van der Waals surface area contributed by atoms with Crippen molar-refractivity contribution in [2.24, 2.45) is 0 Å². The second kappa shape index (κ2) is 6.16. The molecule has 0 aliphatic carbocycles. The number of benzene rings is 1. The van der Waals surface area contributed by atoms with Crippen LogP contribution in [0, 0.1) is 0 Å². The van der Waals surface area contributed by atoms with Crippen molar-refractivity contribution in [2.45, 2.75) is 17.6 Å². The molecule has 1 N–H and O–H groups in total. The van der Waals surface area contributed by atoms with E-state index < -0.39 is 17.2 Å². The Morgan fingerprint density at radius 1 is 1.25 bits per heavy atom. The lowest BCUT2D eigenvalue weighted by atomic mass is 9.90. The number of rotatable bonds is 5. The van der Waals surface area contributed by atoms with Gasteiger partial charge in [0.05, 0.1) is 19.8 Å². The second-order valence-corrected chi connectivity index (χ2v) is 6.25. The zero-order chi connectivity index (χ0) is 17.4. The maximum absolute atomic E-state index is 12.8. The Hall–Kier alpha value is -1.96. The van der Waals surface area contributed by atoms with Gasteiger partial charge in [0, 0.05) is 32.7 Å². The fourth-order valence-corrected chi connectivity index (χ4v) is 3.19. The molecule has 0 bridgehead atoms. The summed E-state index contributed by atoms with van der Waals surface area (Å²) >= 11 is 0. The summed E-state index contributed by atoms with van der Waals surface area (Å²) in [6, 6.07) is 7.23. The molecule has 1 aromatic rings. The molecule has 2 aliphatic rings. The average Bonchev–Trinajstić information content (AvgIpc) is 3.00. The van der Waals surface area contributed by atoms with Gasteiger partial charge in [-0.1, -0.05) is 12.1 Å². The number of carboxylic acid groups (broad SMARTS) is 1. The number of methoxy groups -OCH3 is 2. The van der Waals surface area contributed by atoms with Gasteiger partial charge in [0.25, 0.3) is 5.91 Å². The van der Waals surface area contributed by atoms with E-state index in [1.165, 1.54) is 12.0 Å². The summed E-state index contributed by atoms with van der Waals surface area (Å²) in [4.78, 5) is 25.7. The monoisotopic (exact) mass is 335 g/mol. The van der Waals surface area contributed by atoms with Gasteiger partial charge in [-0.3, -0.25) is 4.79 Å². The Balaban J connectivity index is 1.80.